The first-order chi connectivity index (χ1) is 8.50. The number of aliphatic hydroxyl groups is 1. The average Bonchev–Trinajstić information content (AvgIpc) is 3.15. The molecule has 2 nitrogen and oxygen atoms in total. The molecule has 1 aliphatic rings. The predicted molar refractivity (Wildman–Crippen MR) is 75.4 cm³/mol. The molecule has 2 heteroatoms. The lowest BCUT2D eigenvalue weighted by Crippen LogP contribution is -2.43. The van der Waals surface area contributed by atoms with Crippen LogP contribution in [0.15, 0.2) is 30.3 Å². The van der Waals surface area contributed by atoms with E-state index in [2.05, 4.69) is 49.5 Å². The van der Waals surface area contributed by atoms with Gasteiger partial charge in [-0.15, -0.1) is 0 Å². The molecule has 1 aliphatic carbocycles. The van der Waals surface area contributed by atoms with Crippen molar-refractivity contribution < 1.29 is 5.11 Å². The molecule has 2 atom stereocenters. The van der Waals surface area contributed by atoms with Crippen molar-refractivity contribution in [1.82, 2.24) is 5.32 Å². The maximum absolute atomic E-state index is 10.3. The summed E-state index contributed by atoms with van der Waals surface area (Å²) < 4.78 is 0. The Morgan fingerprint density at radius 2 is 1.89 bits per heavy atom. The number of hydrogen-bond donors (Lipinski definition) is 2. The van der Waals surface area contributed by atoms with Gasteiger partial charge in [-0.1, -0.05) is 44.2 Å². The van der Waals surface area contributed by atoms with E-state index in [1.165, 1.54) is 18.4 Å². The smallest absolute Gasteiger partial charge is 0.0766 e. The lowest BCUT2D eigenvalue weighted by atomic mass is 9.91. The van der Waals surface area contributed by atoms with Gasteiger partial charge < -0.3 is 10.4 Å². The Hall–Kier alpha value is -0.860. The van der Waals surface area contributed by atoms with Crippen LogP contribution in [0, 0.1) is 11.8 Å². The normalized spacial score (nSPS) is 20.7. The second kappa shape index (κ2) is 5.41. The molecule has 0 spiro atoms. The second-order valence-electron chi connectivity index (χ2n) is 6.12. The quantitative estimate of drug-likeness (QED) is 0.809. The fourth-order valence-corrected chi connectivity index (χ4v) is 2.17. The number of benzene rings is 1. The molecule has 1 fully saturated rings. The zero-order chi connectivity index (χ0) is 13.2. The SMILES string of the molecule is CC(C)C(C)(O)CNC(c1ccccc1)C1CC1. The van der Waals surface area contributed by atoms with E-state index in [1.807, 2.05) is 6.92 Å². The van der Waals surface area contributed by atoms with Crippen LogP contribution >= 0.6 is 0 Å². The van der Waals surface area contributed by atoms with Gasteiger partial charge in [0.15, 0.2) is 0 Å². The van der Waals surface area contributed by atoms with Crippen LogP contribution in [0.4, 0.5) is 0 Å². The van der Waals surface area contributed by atoms with Crippen molar-refractivity contribution in [2.75, 3.05) is 6.54 Å². The van der Waals surface area contributed by atoms with Gasteiger partial charge in [0.2, 0.25) is 0 Å². The Labute approximate surface area is 110 Å². The maximum Gasteiger partial charge on any atom is 0.0766 e. The third-order valence-corrected chi connectivity index (χ3v) is 4.18. The Bertz CT molecular complexity index is 368. The maximum atomic E-state index is 10.3. The number of nitrogens with one attached hydrogen (secondary N) is 1. The standard InChI is InChI=1S/C16H25NO/c1-12(2)16(3,18)11-17-15(14-9-10-14)13-7-5-4-6-8-13/h4-8,12,14-15,17-18H,9-11H2,1-3H3. The third-order valence-electron chi connectivity index (χ3n) is 4.18. The Morgan fingerprint density at radius 3 is 2.39 bits per heavy atom. The van der Waals surface area contributed by atoms with Crippen LogP contribution in [-0.4, -0.2) is 17.3 Å². The molecule has 1 saturated carbocycles. The first-order valence-electron chi connectivity index (χ1n) is 7.01. The topological polar surface area (TPSA) is 32.3 Å². The van der Waals surface area contributed by atoms with Crippen molar-refractivity contribution in [3.8, 4) is 0 Å². The van der Waals surface area contributed by atoms with Crippen molar-refractivity contribution >= 4 is 0 Å². The van der Waals surface area contributed by atoms with Crippen LogP contribution < -0.4 is 5.32 Å². The van der Waals surface area contributed by atoms with Crippen LogP contribution in [0.2, 0.25) is 0 Å². The van der Waals surface area contributed by atoms with Gasteiger partial charge >= 0.3 is 0 Å². The molecule has 0 aromatic heterocycles. The van der Waals surface area contributed by atoms with E-state index in [1.54, 1.807) is 0 Å². The fourth-order valence-electron chi connectivity index (χ4n) is 2.17. The van der Waals surface area contributed by atoms with E-state index in [0.717, 1.165) is 5.92 Å². The van der Waals surface area contributed by atoms with Crippen molar-refractivity contribution in [2.24, 2.45) is 11.8 Å². The molecule has 2 unspecified atom stereocenters. The van der Waals surface area contributed by atoms with Crippen molar-refractivity contribution in [3.63, 3.8) is 0 Å². The summed E-state index contributed by atoms with van der Waals surface area (Å²) in [5.41, 5.74) is 0.710. The largest absolute Gasteiger partial charge is 0.389 e. The summed E-state index contributed by atoms with van der Waals surface area (Å²) in [5, 5.41) is 13.9. The highest BCUT2D eigenvalue weighted by molar-refractivity contribution is 5.21. The molecule has 0 heterocycles. The van der Waals surface area contributed by atoms with E-state index in [9.17, 15) is 5.11 Å². The second-order valence-corrected chi connectivity index (χ2v) is 6.12. The fraction of sp³-hybridized carbons (Fsp3) is 0.625. The molecule has 18 heavy (non-hydrogen) atoms. The highest BCUT2D eigenvalue weighted by atomic mass is 16.3. The monoisotopic (exact) mass is 247 g/mol. The molecule has 0 radical (unpaired) electrons. The molecule has 1 aromatic carbocycles. The van der Waals surface area contributed by atoms with Crippen LogP contribution in [0.1, 0.15) is 45.2 Å². The molecular formula is C16H25NO. The Kier molecular flexibility index (Phi) is 4.08. The van der Waals surface area contributed by atoms with Gasteiger partial charge in [-0.05, 0) is 37.2 Å². The third kappa shape index (κ3) is 3.33. The first-order valence-corrected chi connectivity index (χ1v) is 7.01. The van der Waals surface area contributed by atoms with E-state index in [4.69, 9.17) is 0 Å². The lowest BCUT2D eigenvalue weighted by molar-refractivity contribution is 0.0111. The Balaban J connectivity index is 2.00. The summed E-state index contributed by atoms with van der Waals surface area (Å²) in [6.07, 6.45) is 2.60. The lowest BCUT2D eigenvalue weighted by Gasteiger charge is -2.31. The summed E-state index contributed by atoms with van der Waals surface area (Å²) in [7, 11) is 0. The van der Waals surface area contributed by atoms with Crippen LogP contribution in [0.25, 0.3) is 0 Å². The highest BCUT2D eigenvalue weighted by Crippen LogP contribution is 2.41. The minimum absolute atomic E-state index is 0.264. The molecular weight excluding hydrogens is 222 g/mol. The van der Waals surface area contributed by atoms with Gasteiger partial charge in [-0.2, -0.15) is 0 Å². The predicted octanol–water partition coefficient (Wildman–Crippen LogP) is 3.13. The highest BCUT2D eigenvalue weighted by Gasteiger charge is 2.34. The van der Waals surface area contributed by atoms with E-state index in [-0.39, 0.29) is 5.92 Å². The summed E-state index contributed by atoms with van der Waals surface area (Å²) in [4.78, 5) is 0. The van der Waals surface area contributed by atoms with Gasteiger partial charge in [0.05, 0.1) is 5.60 Å². The summed E-state index contributed by atoms with van der Waals surface area (Å²) in [6.45, 7) is 6.70. The summed E-state index contributed by atoms with van der Waals surface area (Å²) in [5.74, 6) is 1.01. The molecule has 1 aromatic rings. The zero-order valence-electron chi connectivity index (χ0n) is 11.7. The van der Waals surface area contributed by atoms with Gasteiger partial charge in [0.1, 0.15) is 0 Å². The Morgan fingerprint density at radius 1 is 1.28 bits per heavy atom. The summed E-state index contributed by atoms with van der Waals surface area (Å²) >= 11 is 0. The van der Waals surface area contributed by atoms with Crippen LogP contribution in [0.3, 0.4) is 0 Å². The van der Waals surface area contributed by atoms with Gasteiger partial charge in [0, 0.05) is 12.6 Å². The molecule has 100 valence electrons. The minimum atomic E-state index is -0.637. The van der Waals surface area contributed by atoms with Crippen LogP contribution in [0.5, 0.6) is 0 Å². The van der Waals surface area contributed by atoms with Gasteiger partial charge in [0.25, 0.3) is 0 Å². The van der Waals surface area contributed by atoms with Crippen molar-refractivity contribution in [2.45, 2.75) is 45.3 Å². The molecule has 0 amide bonds. The minimum Gasteiger partial charge on any atom is -0.389 e. The van der Waals surface area contributed by atoms with Gasteiger partial charge in [-0.25, -0.2) is 0 Å². The average molecular weight is 247 g/mol. The molecule has 2 N–H and O–H groups in total. The first kappa shape index (κ1) is 13.6. The van der Waals surface area contributed by atoms with Gasteiger partial charge in [-0.3, -0.25) is 0 Å². The number of hydrogen-bond acceptors (Lipinski definition) is 2. The molecule has 0 bridgehead atoms. The van der Waals surface area contributed by atoms with Crippen molar-refractivity contribution in [3.05, 3.63) is 35.9 Å². The van der Waals surface area contributed by atoms with E-state index >= 15 is 0 Å². The van der Waals surface area contributed by atoms with E-state index < -0.39 is 5.60 Å². The molecule has 0 saturated heterocycles. The molecule has 0 aliphatic heterocycles. The van der Waals surface area contributed by atoms with Crippen LogP contribution in [-0.2, 0) is 0 Å². The summed E-state index contributed by atoms with van der Waals surface area (Å²) in [6, 6.07) is 11.0. The molecule has 2 rings (SSSR count). The van der Waals surface area contributed by atoms with E-state index in [0.29, 0.717) is 12.6 Å². The number of rotatable bonds is 6. The zero-order valence-corrected chi connectivity index (χ0v) is 11.7. The van der Waals surface area contributed by atoms with Crippen molar-refractivity contribution in [1.29, 1.82) is 0 Å².